The van der Waals surface area contributed by atoms with Crippen LogP contribution in [-0.4, -0.2) is 30.7 Å². The van der Waals surface area contributed by atoms with Crippen molar-refractivity contribution in [3.05, 3.63) is 29.8 Å². The molecule has 0 aliphatic heterocycles. The van der Waals surface area contributed by atoms with Crippen LogP contribution in [0.5, 0.6) is 0 Å². The van der Waals surface area contributed by atoms with Gasteiger partial charge in [-0.1, -0.05) is 17.7 Å². The van der Waals surface area contributed by atoms with Crippen molar-refractivity contribution >= 4 is 17.7 Å². The highest BCUT2D eigenvalue weighted by molar-refractivity contribution is 5.78. The average Bonchev–Trinajstić information content (AvgIpc) is 2.48. The van der Waals surface area contributed by atoms with Crippen LogP contribution in [-0.2, 0) is 9.53 Å². The molecule has 1 aromatic rings. The summed E-state index contributed by atoms with van der Waals surface area (Å²) in [5, 5.41) is 4.45. The number of benzene rings is 1. The third-order valence-corrected chi connectivity index (χ3v) is 3.17. The Morgan fingerprint density at radius 2 is 1.79 bits per heavy atom. The number of carbonyl (C=O) groups excluding carboxylic acids is 2. The monoisotopic (exact) mass is 335 g/mol. The number of carbonyl (C=O) groups is 2. The molecule has 24 heavy (non-hydrogen) atoms. The zero-order valence-electron chi connectivity index (χ0n) is 15.3. The molecule has 2 amide bonds. The molecule has 0 unspecified atom stereocenters. The summed E-state index contributed by atoms with van der Waals surface area (Å²) in [6, 6.07) is 7.97. The molecule has 0 heterocycles. The van der Waals surface area contributed by atoms with Gasteiger partial charge in [-0.25, -0.2) is 4.79 Å². The highest BCUT2D eigenvalue weighted by Gasteiger charge is 2.15. The summed E-state index contributed by atoms with van der Waals surface area (Å²) in [6.45, 7) is 10.5. The summed E-state index contributed by atoms with van der Waals surface area (Å²) in [5.41, 5.74) is 4.49. The summed E-state index contributed by atoms with van der Waals surface area (Å²) in [4.78, 5) is 23.5. The smallest absolute Gasteiger partial charge is 0.407 e. The number of ether oxygens (including phenoxy) is 1. The fraction of sp³-hybridized carbons (Fsp3) is 0.556. The SMILES string of the molecule is CCN(NC(=O)CCCNC(=O)OC(C)(C)C)c1ccc(C)cc1. The standard InChI is InChI=1S/C18H29N3O3/c1-6-21(15-11-9-14(2)10-12-15)20-16(22)8-7-13-19-17(23)24-18(3,4)5/h9-12H,6-8,13H2,1-5H3,(H,19,23)(H,20,22). The van der Waals surface area contributed by atoms with E-state index in [0.717, 1.165) is 5.69 Å². The van der Waals surface area contributed by atoms with Gasteiger partial charge in [-0.05, 0) is 53.2 Å². The molecule has 0 radical (unpaired) electrons. The van der Waals surface area contributed by atoms with Crippen LogP contribution in [0.3, 0.4) is 0 Å². The summed E-state index contributed by atoms with van der Waals surface area (Å²) >= 11 is 0. The molecule has 0 aromatic heterocycles. The van der Waals surface area contributed by atoms with E-state index in [1.54, 1.807) is 0 Å². The second-order valence-electron chi connectivity index (χ2n) is 6.65. The van der Waals surface area contributed by atoms with Crippen molar-refractivity contribution in [2.24, 2.45) is 0 Å². The van der Waals surface area contributed by atoms with E-state index in [1.807, 2.05) is 63.9 Å². The first-order valence-corrected chi connectivity index (χ1v) is 8.32. The summed E-state index contributed by atoms with van der Waals surface area (Å²) < 4.78 is 5.14. The van der Waals surface area contributed by atoms with Crippen LogP contribution in [0, 0.1) is 6.92 Å². The van der Waals surface area contributed by atoms with Gasteiger partial charge in [0.25, 0.3) is 0 Å². The van der Waals surface area contributed by atoms with Crippen LogP contribution in [0.25, 0.3) is 0 Å². The molecule has 0 saturated carbocycles. The first-order chi connectivity index (χ1) is 11.2. The lowest BCUT2D eigenvalue weighted by molar-refractivity contribution is -0.121. The minimum Gasteiger partial charge on any atom is -0.444 e. The molecule has 0 bridgehead atoms. The van der Waals surface area contributed by atoms with Crippen LogP contribution in [0.2, 0.25) is 0 Å². The van der Waals surface area contributed by atoms with Gasteiger partial charge < -0.3 is 10.1 Å². The Morgan fingerprint density at radius 3 is 2.33 bits per heavy atom. The molecule has 0 spiro atoms. The maximum absolute atomic E-state index is 12.0. The summed E-state index contributed by atoms with van der Waals surface area (Å²) in [7, 11) is 0. The quantitative estimate of drug-likeness (QED) is 0.593. The number of nitrogens with one attached hydrogen (secondary N) is 2. The number of nitrogens with zero attached hydrogens (tertiary/aromatic N) is 1. The Morgan fingerprint density at radius 1 is 1.17 bits per heavy atom. The normalized spacial score (nSPS) is 10.9. The van der Waals surface area contributed by atoms with Crippen molar-refractivity contribution in [3.63, 3.8) is 0 Å². The van der Waals surface area contributed by atoms with Crippen molar-refractivity contribution in [1.82, 2.24) is 10.7 Å². The van der Waals surface area contributed by atoms with Crippen molar-refractivity contribution in [2.45, 2.75) is 53.1 Å². The first-order valence-electron chi connectivity index (χ1n) is 8.32. The van der Waals surface area contributed by atoms with E-state index in [-0.39, 0.29) is 5.91 Å². The highest BCUT2D eigenvalue weighted by Crippen LogP contribution is 2.13. The van der Waals surface area contributed by atoms with Crippen LogP contribution in [0.1, 0.15) is 46.1 Å². The predicted octanol–water partition coefficient (Wildman–Crippen LogP) is 3.16. The van der Waals surface area contributed by atoms with Gasteiger partial charge >= 0.3 is 6.09 Å². The van der Waals surface area contributed by atoms with Crippen LogP contribution >= 0.6 is 0 Å². The van der Waals surface area contributed by atoms with Crippen molar-refractivity contribution in [1.29, 1.82) is 0 Å². The van der Waals surface area contributed by atoms with Crippen LogP contribution < -0.4 is 15.8 Å². The van der Waals surface area contributed by atoms with Crippen molar-refractivity contribution in [2.75, 3.05) is 18.1 Å². The van der Waals surface area contributed by atoms with Gasteiger partial charge in [0.05, 0.1) is 5.69 Å². The molecule has 1 rings (SSSR count). The Bertz CT molecular complexity index is 535. The number of amides is 2. The third-order valence-electron chi connectivity index (χ3n) is 3.17. The van der Waals surface area contributed by atoms with E-state index in [0.29, 0.717) is 25.9 Å². The van der Waals surface area contributed by atoms with Gasteiger partial charge in [0.2, 0.25) is 5.91 Å². The second-order valence-corrected chi connectivity index (χ2v) is 6.65. The Balaban J connectivity index is 2.32. The van der Waals surface area contributed by atoms with Gasteiger partial charge in [-0.3, -0.25) is 15.2 Å². The van der Waals surface area contributed by atoms with Crippen molar-refractivity contribution in [3.8, 4) is 0 Å². The number of aryl methyl sites for hydroxylation is 1. The zero-order chi connectivity index (χ0) is 18.2. The summed E-state index contributed by atoms with van der Waals surface area (Å²) in [5.74, 6) is -0.0802. The largest absolute Gasteiger partial charge is 0.444 e. The van der Waals surface area contributed by atoms with Gasteiger partial charge in [0.1, 0.15) is 5.60 Å². The van der Waals surface area contributed by atoms with Gasteiger partial charge in [0.15, 0.2) is 0 Å². The molecule has 6 heteroatoms. The summed E-state index contributed by atoms with van der Waals surface area (Å²) in [6.07, 6.45) is 0.423. The second kappa shape index (κ2) is 9.15. The number of anilines is 1. The molecule has 0 aliphatic rings. The molecule has 2 N–H and O–H groups in total. The molecule has 1 aromatic carbocycles. The Labute approximate surface area is 144 Å². The molecular formula is C18H29N3O3. The van der Waals surface area contributed by atoms with E-state index < -0.39 is 11.7 Å². The molecule has 6 nitrogen and oxygen atoms in total. The van der Waals surface area contributed by atoms with E-state index in [1.165, 1.54) is 5.56 Å². The maximum Gasteiger partial charge on any atom is 0.407 e. The Kier molecular flexibility index (Phi) is 7.55. The number of hydrazine groups is 1. The average molecular weight is 335 g/mol. The van der Waals surface area contributed by atoms with E-state index in [4.69, 9.17) is 4.74 Å². The van der Waals surface area contributed by atoms with Crippen LogP contribution in [0.15, 0.2) is 24.3 Å². The topological polar surface area (TPSA) is 70.7 Å². The van der Waals surface area contributed by atoms with Gasteiger partial charge in [0, 0.05) is 19.5 Å². The fourth-order valence-corrected chi connectivity index (χ4v) is 2.01. The van der Waals surface area contributed by atoms with Gasteiger partial charge in [-0.2, -0.15) is 0 Å². The molecule has 0 aliphatic carbocycles. The minimum absolute atomic E-state index is 0.0802. The van der Waals surface area contributed by atoms with Crippen LogP contribution in [0.4, 0.5) is 10.5 Å². The maximum atomic E-state index is 12.0. The highest BCUT2D eigenvalue weighted by atomic mass is 16.6. The van der Waals surface area contributed by atoms with Crippen molar-refractivity contribution < 1.29 is 14.3 Å². The van der Waals surface area contributed by atoms with E-state index in [2.05, 4.69) is 10.7 Å². The lowest BCUT2D eigenvalue weighted by Gasteiger charge is -2.24. The molecule has 134 valence electrons. The molecule has 0 saturated heterocycles. The lowest BCUT2D eigenvalue weighted by Crippen LogP contribution is -2.42. The number of rotatable bonds is 7. The zero-order valence-corrected chi connectivity index (χ0v) is 15.3. The number of hydrogen-bond acceptors (Lipinski definition) is 4. The Hall–Kier alpha value is -2.24. The molecule has 0 fully saturated rings. The van der Waals surface area contributed by atoms with Gasteiger partial charge in [-0.15, -0.1) is 0 Å². The number of alkyl carbamates (subject to hydrolysis) is 1. The number of hydrogen-bond donors (Lipinski definition) is 2. The first kappa shape index (κ1) is 19.8. The van der Waals surface area contributed by atoms with E-state index in [9.17, 15) is 9.59 Å². The molecular weight excluding hydrogens is 306 g/mol. The fourth-order valence-electron chi connectivity index (χ4n) is 2.01. The predicted molar refractivity (Wildman–Crippen MR) is 95.8 cm³/mol. The third kappa shape index (κ3) is 7.85. The van der Waals surface area contributed by atoms with E-state index >= 15 is 0 Å². The lowest BCUT2D eigenvalue weighted by atomic mass is 10.2. The molecule has 0 atom stereocenters. The minimum atomic E-state index is -0.517.